The van der Waals surface area contributed by atoms with Gasteiger partial charge in [-0.1, -0.05) is 26.0 Å². The van der Waals surface area contributed by atoms with Crippen molar-refractivity contribution in [2.45, 2.75) is 13.8 Å². The minimum Gasteiger partial charge on any atom is -0.491 e. The Morgan fingerprint density at radius 1 is 1.41 bits per heavy atom. The molecule has 2 aromatic rings. The summed E-state index contributed by atoms with van der Waals surface area (Å²) >= 11 is 0. The molecule has 2 rings (SSSR count). The summed E-state index contributed by atoms with van der Waals surface area (Å²) in [6.07, 6.45) is 0. The molecule has 3 N–H and O–H groups in total. The van der Waals surface area contributed by atoms with Gasteiger partial charge in [-0.05, 0) is 18.1 Å². The number of benzene rings is 1. The van der Waals surface area contributed by atoms with E-state index in [2.05, 4.69) is 15.3 Å². The number of aromatic amines is 1. The average Bonchev–Trinajstić information content (AvgIpc) is 2.45. The zero-order chi connectivity index (χ0) is 16.1. The maximum Gasteiger partial charge on any atom is 0.354 e. The van der Waals surface area contributed by atoms with E-state index in [0.717, 1.165) is 6.07 Å². The second kappa shape index (κ2) is 6.75. The lowest BCUT2D eigenvalue weighted by Crippen LogP contribution is -2.15. The topological polar surface area (TPSA) is 104 Å². The fourth-order valence-corrected chi connectivity index (χ4v) is 1.71. The van der Waals surface area contributed by atoms with Crippen LogP contribution in [0.15, 0.2) is 35.1 Å². The summed E-state index contributed by atoms with van der Waals surface area (Å²) in [7, 11) is 0. The molecule has 0 saturated heterocycles. The van der Waals surface area contributed by atoms with Gasteiger partial charge in [-0.3, -0.25) is 9.78 Å². The van der Waals surface area contributed by atoms with E-state index in [0.29, 0.717) is 24.0 Å². The molecule has 0 aliphatic rings. The molecule has 1 heterocycles. The third kappa shape index (κ3) is 4.08. The molecule has 0 radical (unpaired) electrons. The minimum absolute atomic E-state index is 0.0468. The van der Waals surface area contributed by atoms with E-state index in [-0.39, 0.29) is 11.6 Å². The van der Waals surface area contributed by atoms with Crippen molar-refractivity contribution in [3.05, 3.63) is 46.4 Å². The zero-order valence-electron chi connectivity index (χ0n) is 12.3. The quantitative estimate of drug-likeness (QED) is 0.756. The van der Waals surface area contributed by atoms with Crippen LogP contribution in [0.3, 0.4) is 0 Å². The number of hydrogen-bond acceptors (Lipinski definition) is 5. The highest BCUT2D eigenvalue weighted by Crippen LogP contribution is 2.26. The number of aromatic nitrogens is 2. The van der Waals surface area contributed by atoms with Crippen LogP contribution in [0, 0.1) is 5.92 Å². The summed E-state index contributed by atoms with van der Waals surface area (Å²) in [6, 6.07) is 8.08. The highest BCUT2D eigenvalue weighted by molar-refractivity contribution is 5.85. The van der Waals surface area contributed by atoms with Crippen LogP contribution in [0.5, 0.6) is 5.75 Å². The Morgan fingerprint density at radius 3 is 2.82 bits per heavy atom. The van der Waals surface area contributed by atoms with E-state index < -0.39 is 11.5 Å². The van der Waals surface area contributed by atoms with Crippen LogP contribution < -0.4 is 15.6 Å². The van der Waals surface area contributed by atoms with Gasteiger partial charge < -0.3 is 15.2 Å². The van der Waals surface area contributed by atoms with E-state index in [1.54, 1.807) is 18.2 Å². The Bertz CT molecular complexity index is 725. The Kier molecular flexibility index (Phi) is 4.77. The summed E-state index contributed by atoms with van der Waals surface area (Å²) in [5.74, 6) is -0.259. The van der Waals surface area contributed by atoms with Gasteiger partial charge >= 0.3 is 5.97 Å². The molecule has 0 bridgehead atoms. The van der Waals surface area contributed by atoms with Gasteiger partial charge in [0.15, 0.2) is 5.69 Å². The van der Waals surface area contributed by atoms with Gasteiger partial charge in [-0.25, -0.2) is 9.78 Å². The summed E-state index contributed by atoms with van der Waals surface area (Å²) in [6.45, 7) is 4.61. The number of nitrogens with zero attached hydrogens (tertiary/aromatic N) is 1. The molecule has 0 aliphatic carbocycles. The van der Waals surface area contributed by atoms with Crippen LogP contribution in [0.2, 0.25) is 0 Å². The molecule has 0 amide bonds. The number of hydrogen-bond donors (Lipinski definition) is 3. The van der Waals surface area contributed by atoms with E-state index in [1.165, 1.54) is 0 Å². The van der Waals surface area contributed by atoms with E-state index >= 15 is 0 Å². The lowest BCUT2D eigenvalue weighted by Gasteiger charge is -2.14. The molecule has 116 valence electrons. The third-order valence-electron chi connectivity index (χ3n) is 2.67. The van der Waals surface area contributed by atoms with Crippen molar-refractivity contribution in [2.75, 3.05) is 11.9 Å². The van der Waals surface area contributed by atoms with Crippen molar-refractivity contribution in [3.8, 4) is 5.75 Å². The van der Waals surface area contributed by atoms with Crippen LogP contribution in [0.1, 0.15) is 24.3 Å². The van der Waals surface area contributed by atoms with Gasteiger partial charge in [-0.15, -0.1) is 0 Å². The molecule has 7 nitrogen and oxygen atoms in total. The zero-order valence-corrected chi connectivity index (χ0v) is 12.3. The molecule has 0 aliphatic heterocycles. The van der Waals surface area contributed by atoms with Crippen LogP contribution in [-0.4, -0.2) is 27.7 Å². The second-order valence-electron chi connectivity index (χ2n) is 5.11. The largest absolute Gasteiger partial charge is 0.491 e. The summed E-state index contributed by atoms with van der Waals surface area (Å²) in [5.41, 5.74) is -0.281. The molecule has 0 atom stereocenters. The fourth-order valence-electron chi connectivity index (χ4n) is 1.71. The number of carbonyl (C=O) groups is 1. The van der Waals surface area contributed by atoms with Crippen molar-refractivity contribution < 1.29 is 14.6 Å². The van der Waals surface area contributed by atoms with Crippen molar-refractivity contribution in [3.63, 3.8) is 0 Å². The van der Waals surface area contributed by atoms with E-state index in [1.807, 2.05) is 19.9 Å². The van der Waals surface area contributed by atoms with Gasteiger partial charge in [0.05, 0.1) is 12.3 Å². The normalized spacial score (nSPS) is 10.5. The molecule has 1 aromatic carbocycles. The molecule has 0 saturated carbocycles. The van der Waals surface area contributed by atoms with Gasteiger partial charge in [0.1, 0.15) is 5.75 Å². The highest BCUT2D eigenvalue weighted by Gasteiger charge is 2.10. The lowest BCUT2D eigenvalue weighted by molar-refractivity contribution is 0.0690. The highest BCUT2D eigenvalue weighted by atomic mass is 16.5. The third-order valence-corrected chi connectivity index (χ3v) is 2.67. The summed E-state index contributed by atoms with van der Waals surface area (Å²) < 4.78 is 5.68. The van der Waals surface area contributed by atoms with Crippen LogP contribution in [-0.2, 0) is 0 Å². The number of anilines is 2. The Labute approximate surface area is 127 Å². The second-order valence-corrected chi connectivity index (χ2v) is 5.11. The van der Waals surface area contributed by atoms with Crippen LogP contribution >= 0.6 is 0 Å². The molecular weight excluding hydrogens is 286 g/mol. The van der Waals surface area contributed by atoms with Crippen LogP contribution in [0.25, 0.3) is 0 Å². The SMILES string of the molecule is CC(C)COc1ccccc1Nc1nc(C(=O)O)cc(=O)[nH]1. The van der Waals surface area contributed by atoms with Crippen molar-refractivity contribution in [1.29, 1.82) is 0 Å². The number of rotatable bonds is 6. The number of H-pyrrole nitrogens is 1. The number of nitrogens with one attached hydrogen (secondary N) is 2. The molecular formula is C15H17N3O4. The smallest absolute Gasteiger partial charge is 0.354 e. The first-order chi connectivity index (χ1) is 10.5. The molecule has 1 aromatic heterocycles. The fraction of sp³-hybridized carbons (Fsp3) is 0.267. The number of ether oxygens (including phenoxy) is 1. The monoisotopic (exact) mass is 303 g/mol. The first-order valence-corrected chi connectivity index (χ1v) is 6.79. The predicted molar refractivity (Wildman–Crippen MR) is 81.9 cm³/mol. The molecule has 0 fully saturated rings. The Balaban J connectivity index is 2.27. The Morgan fingerprint density at radius 2 is 2.14 bits per heavy atom. The molecule has 0 unspecified atom stereocenters. The van der Waals surface area contributed by atoms with E-state index in [4.69, 9.17) is 9.84 Å². The first kappa shape index (κ1) is 15.6. The molecule has 7 heteroatoms. The van der Waals surface area contributed by atoms with Crippen molar-refractivity contribution in [1.82, 2.24) is 9.97 Å². The number of aromatic carboxylic acids is 1. The van der Waals surface area contributed by atoms with Gasteiger partial charge in [-0.2, -0.15) is 0 Å². The Hall–Kier alpha value is -2.83. The maximum atomic E-state index is 11.5. The maximum absolute atomic E-state index is 11.5. The van der Waals surface area contributed by atoms with Crippen LogP contribution in [0.4, 0.5) is 11.6 Å². The standard InChI is InChI=1S/C15H17N3O4/c1-9(2)8-22-12-6-4-3-5-10(12)16-15-17-11(14(20)21)7-13(19)18-15/h3-7,9H,8H2,1-2H3,(H,20,21)(H2,16,17,18,19). The minimum atomic E-state index is -1.27. The average molecular weight is 303 g/mol. The molecule has 22 heavy (non-hydrogen) atoms. The first-order valence-electron chi connectivity index (χ1n) is 6.79. The predicted octanol–water partition coefficient (Wildman–Crippen LogP) is 2.25. The molecule has 0 spiro atoms. The number of para-hydroxylation sites is 2. The van der Waals surface area contributed by atoms with Gasteiger partial charge in [0.25, 0.3) is 5.56 Å². The van der Waals surface area contributed by atoms with Crippen molar-refractivity contribution in [2.24, 2.45) is 5.92 Å². The van der Waals surface area contributed by atoms with Gasteiger partial charge in [0.2, 0.25) is 5.95 Å². The summed E-state index contributed by atoms with van der Waals surface area (Å²) in [5, 5.41) is 11.8. The van der Waals surface area contributed by atoms with Gasteiger partial charge in [0, 0.05) is 6.07 Å². The number of carboxylic acids is 1. The number of carboxylic acid groups (broad SMARTS) is 1. The lowest BCUT2D eigenvalue weighted by atomic mass is 10.2. The summed E-state index contributed by atoms with van der Waals surface area (Å²) in [4.78, 5) is 28.7. The van der Waals surface area contributed by atoms with E-state index in [9.17, 15) is 9.59 Å². The van der Waals surface area contributed by atoms with Crippen molar-refractivity contribution >= 4 is 17.6 Å².